The third-order valence-electron chi connectivity index (χ3n) is 3.60. The van der Waals surface area contributed by atoms with E-state index in [1.165, 1.54) is 0 Å². The van der Waals surface area contributed by atoms with E-state index in [-0.39, 0.29) is 11.9 Å². The van der Waals surface area contributed by atoms with Crippen molar-refractivity contribution in [3.05, 3.63) is 39.8 Å². The summed E-state index contributed by atoms with van der Waals surface area (Å²) in [5.74, 6) is 1.19. The van der Waals surface area contributed by atoms with Crippen LogP contribution < -0.4 is 14.8 Å². The molecule has 0 saturated carbocycles. The maximum atomic E-state index is 12.9. The van der Waals surface area contributed by atoms with Gasteiger partial charge in [0.05, 0.1) is 20.3 Å². The average Bonchev–Trinajstić information content (AvgIpc) is 2.99. The van der Waals surface area contributed by atoms with Crippen LogP contribution >= 0.6 is 11.3 Å². The minimum Gasteiger partial charge on any atom is -0.496 e. The Hall–Kier alpha value is -2.08. The van der Waals surface area contributed by atoms with E-state index in [0.717, 1.165) is 17.1 Å². The molecule has 0 radical (unpaired) electrons. The summed E-state index contributed by atoms with van der Waals surface area (Å²) < 4.78 is 10.7. The van der Waals surface area contributed by atoms with Gasteiger partial charge in [0, 0.05) is 11.1 Å². The number of carbonyl (C=O) groups excluding carboxylic acids is 1. The fourth-order valence-electron chi connectivity index (χ4n) is 2.53. The van der Waals surface area contributed by atoms with Gasteiger partial charge in [-0.25, -0.2) is 4.98 Å². The summed E-state index contributed by atoms with van der Waals surface area (Å²) in [6, 6.07) is 5.17. The molecule has 5 nitrogen and oxygen atoms in total. The molecule has 1 N–H and O–H groups in total. The van der Waals surface area contributed by atoms with E-state index < -0.39 is 0 Å². The molecule has 1 aromatic carbocycles. The average molecular weight is 348 g/mol. The van der Waals surface area contributed by atoms with Crippen molar-refractivity contribution in [1.29, 1.82) is 0 Å². The Morgan fingerprint density at radius 2 is 1.88 bits per heavy atom. The number of ether oxygens (including phenoxy) is 2. The molecule has 1 amide bonds. The number of carbonyl (C=O) groups is 1. The summed E-state index contributed by atoms with van der Waals surface area (Å²) >= 11 is 1.57. The Morgan fingerprint density at radius 3 is 2.33 bits per heavy atom. The molecule has 2 rings (SSSR count). The highest BCUT2D eigenvalue weighted by atomic mass is 32.1. The van der Waals surface area contributed by atoms with Gasteiger partial charge in [-0.05, 0) is 31.4 Å². The van der Waals surface area contributed by atoms with Crippen LogP contribution in [0.3, 0.4) is 0 Å². The third kappa shape index (κ3) is 4.26. The second-order valence-electron chi connectivity index (χ2n) is 6.02. The minimum absolute atomic E-state index is 0.134. The molecule has 0 aliphatic rings. The molecule has 1 atom stereocenters. The summed E-state index contributed by atoms with van der Waals surface area (Å²) in [6.07, 6.45) is 0.816. The number of benzene rings is 1. The molecule has 6 heteroatoms. The van der Waals surface area contributed by atoms with Crippen molar-refractivity contribution in [2.45, 2.75) is 33.2 Å². The van der Waals surface area contributed by atoms with E-state index in [1.54, 1.807) is 43.8 Å². The smallest absolute Gasteiger partial charge is 0.259 e. The van der Waals surface area contributed by atoms with Crippen LogP contribution in [0.5, 0.6) is 11.5 Å². The van der Waals surface area contributed by atoms with Crippen LogP contribution in [-0.4, -0.2) is 25.1 Å². The quantitative estimate of drug-likeness (QED) is 0.822. The van der Waals surface area contributed by atoms with Crippen molar-refractivity contribution in [2.24, 2.45) is 5.92 Å². The Morgan fingerprint density at radius 1 is 1.25 bits per heavy atom. The second kappa shape index (κ2) is 8.15. The number of amides is 1. The van der Waals surface area contributed by atoms with Crippen molar-refractivity contribution in [1.82, 2.24) is 10.3 Å². The van der Waals surface area contributed by atoms with E-state index in [4.69, 9.17) is 9.47 Å². The number of thiazole rings is 1. The molecule has 0 fully saturated rings. The van der Waals surface area contributed by atoms with Crippen molar-refractivity contribution >= 4 is 17.2 Å². The van der Waals surface area contributed by atoms with Crippen LogP contribution in [0, 0.1) is 12.8 Å². The predicted octanol–water partition coefficient (Wildman–Crippen LogP) is 3.99. The van der Waals surface area contributed by atoms with Crippen molar-refractivity contribution in [3.63, 3.8) is 0 Å². The fourth-order valence-corrected chi connectivity index (χ4v) is 3.39. The van der Waals surface area contributed by atoms with Crippen molar-refractivity contribution < 1.29 is 14.3 Å². The molecule has 0 bridgehead atoms. The van der Waals surface area contributed by atoms with E-state index in [9.17, 15) is 4.79 Å². The number of hydrogen-bond acceptors (Lipinski definition) is 5. The van der Waals surface area contributed by atoms with Gasteiger partial charge in [-0.3, -0.25) is 4.79 Å². The van der Waals surface area contributed by atoms with Crippen LogP contribution in [0.4, 0.5) is 0 Å². The predicted molar refractivity (Wildman–Crippen MR) is 96.1 cm³/mol. The molecule has 1 aromatic heterocycles. The first-order valence-electron chi connectivity index (χ1n) is 7.90. The van der Waals surface area contributed by atoms with Crippen LogP contribution in [-0.2, 0) is 0 Å². The molecule has 0 spiro atoms. The van der Waals surface area contributed by atoms with Crippen LogP contribution in [0.1, 0.15) is 47.4 Å². The third-order valence-corrected chi connectivity index (χ3v) is 4.68. The fraction of sp³-hybridized carbons (Fsp3) is 0.444. The number of nitrogens with one attached hydrogen (secondary N) is 1. The Kier molecular flexibility index (Phi) is 6.20. The van der Waals surface area contributed by atoms with Crippen molar-refractivity contribution in [3.8, 4) is 11.5 Å². The summed E-state index contributed by atoms with van der Waals surface area (Å²) in [4.78, 5) is 17.4. The minimum atomic E-state index is -0.220. The summed E-state index contributed by atoms with van der Waals surface area (Å²) in [5, 5.41) is 6.01. The number of rotatable bonds is 7. The van der Waals surface area contributed by atoms with E-state index in [0.29, 0.717) is 23.0 Å². The highest BCUT2D eigenvalue weighted by Gasteiger charge is 2.24. The highest BCUT2D eigenvalue weighted by molar-refractivity contribution is 7.09. The van der Waals surface area contributed by atoms with Crippen LogP contribution in [0.2, 0.25) is 0 Å². The summed E-state index contributed by atoms with van der Waals surface area (Å²) in [6.45, 7) is 6.21. The molecular formula is C18H24N2O3S. The van der Waals surface area contributed by atoms with Gasteiger partial charge in [0.2, 0.25) is 0 Å². The first kappa shape index (κ1) is 18.3. The standard InChI is InChI=1S/C18H24N2O3S/c1-11(2)9-13(18-19-12(3)10-24-18)20-17(21)16-14(22-4)7-6-8-15(16)23-5/h6-8,10-11,13H,9H2,1-5H3,(H,20,21). The normalized spacial score (nSPS) is 12.1. The first-order chi connectivity index (χ1) is 11.5. The zero-order chi connectivity index (χ0) is 17.7. The zero-order valence-corrected chi connectivity index (χ0v) is 15.6. The lowest BCUT2D eigenvalue weighted by atomic mass is 10.0. The van der Waals surface area contributed by atoms with Gasteiger partial charge in [0.15, 0.2) is 0 Å². The van der Waals surface area contributed by atoms with E-state index in [1.807, 2.05) is 12.3 Å². The van der Waals surface area contributed by atoms with Crippen LogP contribution in [0.15, 0.2) is 23.6 Å². The number of aromatic nitrogens is 1. The monoisotopic (exact) mass is 348 g/mol. The largest absolute Gasteiger partial charge is 0.496 e. The molecule has 0 aliphatic heterocycles. The Bertz CT molecular complexity index is 675. The van der Waals surface area contributed by atoms with Gasteiger partial charge in [-0.1, -0.05) is 19.9 Å². The van der Waals surface area contributed by atoms with Gasteiger partial charge < -0.3 is 14.8 Å². The number of aryl methyl sites for hydroxylation is 1. The summed E-state index contributed by atoms with van der Waals surface area (Å²) in [7, 11) is 3.09. The highest BCUT2D eigenvalue weighted by Crippen LogP contribution is 2.30. The van der Waals surface area contributed by atoms with E-state index >= 15 is 0 Å². The topological polar surface area (TPSA) is 60.5 Å². The lowest BCUT2D eigenvalue weighted by molar-refractivity contribution is 0.0925. The molecule has 0 aliphatic carbocycles. The van der Waals surface area contributed by atoms with Gasteiger partial charge in [-0.15, -0.1) is 11.3 Å². The number of nitrogens with zero attached hydrogens (tertiary/aromatic N) is 1. The molecule has 1 heterocycles. The van der Waals surface area contributed by atoms with Gasteiger partial charge in [0.1, 0.15) is 22.1 Å². The number of methoxy groups -OCH3 is 2. The van der Waals surface area contributed by atoms with E-state index in [2.05, 4.69) is 24.1 Å². The maximum absolute atomic E-state index is 12.9. The van der Waals surface area contributed by atoms with Crippen LogP contribution in [0.25, 0.3) is 0 Å². The van der Waals surface area contributed by atoms with Gasteiger partial charge in [-0.2, -0.15) is 0 Å². The Labute approximate surface area is 147 Å². The zero-order valence-electron chi connectivity index (χ0n) is 14.8. The number of hydrogen-bond donors (Lipinski definition) is 1. The summed E-state index contributed by atoms with van der Waals surface area (Å²) in [5.41, 5.74) is 1.37. The molecule has 2 aromatic rings. The molecule has 0 saturated heterocycles. The SMILES string of the molecule is COc1cccc(OC)c1C(=O)NC(CC(C)C)c1nc(C)cs1. The second-order valence-corrected chi connectivity index (χ2v) is 6.91. The van der Waals surface area contributed by atoms with Crippen molar-refractivity contribution in [2.75, 3.05) is 14.2 Å². The Balaban J connectivity index is 2.31. The lowest BCUT2D eigenvalue weighted by Crippen LogP contribution is -2.30. The molecular weight excluding hydrogens is 324 g/mol. The lowest BCUT2D eigenvalue weighted by Gasteiger charge is -2.20. The first-order valence-corrected chi connectivity index (χ1v) is 8.78. The molecule has 1 unspecified atom stereocenters. The van der Waals surface area contributed by atoms with Gasteiger partial charge in [0.25, 0.3) is 5.91 Å². The molecule has 130 valence electrons. The maximum Gasteiger partial charge on any atom is 0.259 e. The van der Waals surface area contributed by atoms with Gasteiger partial charge >= 0.3 is 0 Å². The molecule has 24 heavy (non-hydrogen) atoms.